The lowest BCUT2D eigenvalue weighted by Crippen LogP contribution is -2.45. The fraction of sp³-hybridized carbons (Fsp3) is 0.981. The van der Waals surface area contributed by atoms with E-state index < -0.39 is 18.3 Å². The highest BCUT2D eigenvalue weighted by Crippen LogP contribution is 2.14. The molecule has 61 heavy (non-hydrogen) atoms. The molecule has 0 aliphatic carbocycles. The molecule has 0 amide bonds. The summed E-state index contributed by atoms with van der Waals surface area (Å²) in [5.74, 6) is 0.431. The van der Waals surface area contributed by atoms with Crippen LogP contribution in [0.4, 0.5) is 0 Å². The van der Waals surface area contributed by atoms with Gasteiger partial charge in [-0.1, -0.05) is 233 Å². The van der Waals surface area contributed by atoms with Gasteiger partial charge in [-0.2, -0.15) is 0 Å². The molecule has 0 aliphatic heterocycles. The van der Waals surface area contributed by atoms with E-state index in [2.05, 4.69) is 36.4 Å². The molecule has 0 bridgehead atoms. The van der Waals surface area contributed by atoms with E-state index in [1.807, 2.05) is 0 Å². The van der Waals surface area contributed by atoms with E-state index in [-0.39, 0.29) is 39.5 Å². The third-order valence-electron chi connectivity index (χ3n) is 11.8. The average molecular weight is 870 g/mol. The van der Waals surface area contributed by atoms with Crippen molar-refractivity contribution in [3.05, 3.63) is 0 Å². The van der Waals surface area contributed by atoms with Crippen LogP contribution in [-0.4, -0.2) is 98.9 Å². The molecule has 0 saturated heterocycles. The largest absolute Gasteiger partial charge is 0.389 e. The fourth-order valence-electron chi connectivity index (χ4n) is 7.76. The van der Waals surface area contributed by atoms with E-state index in [4.69, 9.17) is 14.2 Å². The molecule has 0 heterocycles. The van der Waals surface area contributed by atoms with E-state index >= 15 is 0 Å². The van der Waals surface area contributed by atoms with Crippen LogP contribution in [0.25, 0.3) is 0 Å². The van der Waals surface area contributed by atoms with Gasteiger partial charge in [0.25, 0.3) is 0 Å². The number of guanidine groups is 1. The van der Waals surface area contributed by atoms with Crippen molar-refractivity contribution in [1.29, 1.82) is 0 Å². The van der Waals surface area contributed by atoms with E-state index in [1.165, 1.54) is 212 Å². The second-order valence-electron chi connectivity index (χ2n) is 18.3. The van der Waals surface area contributed by atoms with Gasteiger partial charge in [0.2, 0.25) is 0 Å². The summed E-state index contributed by atoms with van der Waals surface area (Å²) < 4.78 is 17.3. The molecule has 0 spiro atoms. The van der Waals surface area contributed by atoms with Gasteiger partial charge >= 0.3 is 0 Å². The Labute approximate surface area is 379 Å². The first-order valence-electron chi connectivity index (χ1n) is 26.8. The molecule has 3 atom stereocenters. The fourth-order valence-corrected chi connectivity index (χ4v) is 7.76. The minimum Gasteiger partial charge on any atom is -0.389 e. The van der Waals surface area contributed by atoms with Crippen LogP contribution >= 0.6 is 0 Å². The zero-order chi connectivity index (χ0) is 44.4. The maximum absolute atomic E-state index is 10.6. The summed E-state index contributed by atoms with van der Waals surface area (Å²) in [5, 5.41) is 38.2. The highest BCUT2D eigenvalue weighted by Gasteiger charge is 2.11. The Kier molecular flexibility index (Phi) is 50.8. The van der Waals surface area contributed by atoms with Crippen LogP contribution in [0, 0.1) is 0 Å². The lowest BCUT2D eigenvalue weighted by molar-refractivity contribution is 0.0353. The summed E-state index contributed by atoms with van der Waals surface area (Å²) in [7, 11) is 0. The van der Waals surface area contributed by atoms with Gasteiger partial charge in [0.1, 0.15) is 0 Å². The highest BCUT2D eigenvalue weighted by atomic mass is 16.5. The Balaban J connectivity index is 4.35. The van der Waals surface area contributed by atoms with Gasteiger partial charge in [0.05, 0.1) is 44.7 Å². The zero-order valence-electron chi connectivity index (χ0n) is 41.1. The van der Waals surface area contributed by atoms with Crippen LogP contribution in [0.3, 0.4) is 0 Å². The number of ether oxygens (including phenoxy) is 3. The topological polar surface area (TPSA) is 125 Å². The third kappa shape index (κ3) is 49.9. The number of rotatable bonds is 51. The highest BCUT2D eigenvalue weighted by molar-refractivity contribution is 5.79. The molecule has 0 radical (unpaired) electrons. The van der Waals surface area contributed by atoms with Gasteiger partial charge < -0.3 is 40.2 Å². The normalized spacial score (nSPS) is 13.1. The number of aliphatic hydroxyl groups excluding tert-OH is 3. The number of hydrogen-bond donors (Lipinski definition) is 5. The van der Waals surface area contributed by atoms with Crippen LogP contribution in [-0.2, 0) is 14.2 Å². The molecule has 0 aromatic heterocycles. The van der Waals surface area contributed by atoms with Gasteiger partial charge in [-0.25, -0.2) is 0 Å². The Morgan fingerprint density at radius 2 is 0.574 bits per heavy atom. The summed E-state index contributed by atoms with van der Waals surface area (Å²) in [6.45, 7) is 10.2. The Morgan fingerprint density at radius 1 is 0.344 bits per heavy atom. The average Bonchev–Trinajstić information content (AvgIpc) is 3.26. The molecule has 0 fully saturated rings. The molecule has 3 unspecified atom stereocenters. The quantitative estimate of drug-likeness (QED) is 0.0233. The van der Waals surface area contributed by atoms with Crippen molar-refractivity contribution in [2.75, 3.05) is 59.3 Å². The van der Waals surface area contributed by atoms with E-state index in [1.54, 1.807) is 0 Å². The van der Waals surface area contributed by atoms with E-state index in [0.29, 0.717) is 25.8 Å². The van der Waals surface area contributed by atoms with Crippen LogP contribution < -0.4 is 10.6 Å². The molecule has 0 rings (SSSR count). The summed E-state index contributed by atoms with van der Waals surface area (Å²) in [6, 6.07) is 0. The molecular formula is C52H107N3O6. The minimum absolute atomic E-state index is 0.158. The van der Waals surface area contributed by atoms with Gasteiger partial charge in [-0.3, -0.25) is 4.99 Å². The molecular weight excluding hydrogens is 763 g/mol. The second-order valence-corrected chi connectivity index (χ2v) is 18.3. The van der Waals surface area contributed by atoms with Crippen molar-refractivity contribution in [3.63, 3.8) is 0 Å². The monoisotopic (exact) mass is 870 g/mol. The first kappa shape index (κ1) is 60.0. The number of nitrogens with one attached hydrogen (secondary N) is 2. The second kappa shape index (κ2) is 51.7. The number of aliphatic imine (C=N–C) groups is 1. The van der Waals surface area contributed by atoms with Crippen LogP contribution in [0.1, 0.15) is 252 Å². The minimum atomic E-state index is -0.733. The predicted molar refractivity (Wildman–Crippen MR) is 262 cm³/mol. The molecule has 5 N–H and O–H groups in total. The Bertz CT molecular complexity index is 808. The third-order valence-corrected chi connectivity index (χ3v) is 11.8. The Morgan fingerprint density at radius 3 is 0.836 bits per heavy atom. The molecule has 0 saturated carbocycles. The van der Waals surface area contributed by atoms with Crippen molar-refractivity contribution in [2.24, 2.45) is 4.99 Å². The SMILES string of the molecule is CCCCCCCCCCCCCCOCC(O)CN=C(NCC(O)COCCCCCCCCCCCCCC)NCC(O)COCCCCCCCCCCCCCC. The van der Waals surface area contributed by atoms with Crippen molar-refractivity contribution >= 4 is 5.96 Å². The molecule has 0 aromatic carbocycles. The number of aliphatic hydroxyl groups is 3. The van der Waals surface area contributed by atoms with Crippen LogP contribution in [0.15, 0.2) is 4.99 Å². The maximum Gasteiger partial charge on any atom is 0.191 e. The lowest BCUT2D eigenvalue weighted by Gasteiger charge is -2.19. The number of nitrogens with zero attached hydrogens (tertiary/aromatic N) is 1. The van der Waals surface area contributed by atoms with E-state index in [9.17, 15) is 15.3 Å². The van der Waals surface area contributed by atoms with Gasteiger partial charge in [0, 0.05) is 32.9 Å². The smallest absolute Gasteiger partial charge is 0.191 e. The van der Waals surface area contributed by atoms with Gasteiger partial charge in [-0.05, 0) is 19.3 Å². The molecule has 366 valence electrons. The van der Waals surface area contributed by atoms with Crippen LogP contribution in [0.2, 0.25) is 0 Å². The number of hydrogen-bond acceptors (Lipinski definition) is 7. The summed E-state index contributed by atoms with van der Waals surface area (Å²) in [5.41, 5.74) is 0. The summed E-state index contributed by atoms with van der Waals surface area (Å²) in [6.07, 6.45) is 44.9. The number of unbranched alkanes of at least 4 members (excludes halogenated alkanes) is 33. The first-order chi connectivity index (χ1) is 30.0. The van der Waals surface area contributed by atoms with Crippen molar-refractivity contribution in [3.8, 4) is 0 Å². The van der Waals surface area contributed by atoms with Crippen molar-refractivity contribution < 1.29 is 29.5 Å². The summed E-state index contributed by atoms with van der Waals surface area (Å²) >= 11 is 0. The first-order valence-corrected chi connectivity index (χ1v) is 26.8. The standard InChI is InChI=1S/C52H107N3O6/c1-4-7-10-13-16-19-22-25-28-31-34-37-40-59-46-49(56)43-53-52(54-44-50(57)47-60-41-38-35-32-29-26-23-20-17-14-11-8-5-2)55-45-51(58)48-61-42-39-36-33-30-27-24-21-18-15-12-9-6-3/h49-51,56-58H,4-48H2,1-3H3,(H2,53,54,55). The molecule has 9 heteroatoms. The molecule has 9 nitrogen and oxygen atoms in total. The van der Waals surface area contributed by atoms with Crippen molar-refractivity contribution in [2.45, 2.75) is 270 Å². The van der Waals surface area contributed by atoms with E-state index in [0.717, 1.165) is 19.3 Å². The molecule has 0 aromatic rings. The lowest BCUT2D eigenvalue weighted by atomic mass is 10.1. The van der Waals surface area contributed by atoms with Crippen molar-refractivity contribution in [1.82, 2.24) is 10.6 Å². The summed E-state index contributed by atoms with van der Waals surface area (Å²) in [4.78, 5) is 4.56. The molecule has 0 aliphatic rings. The maximum atomic E-state index is 10.6. The zero-order valence-corrected chi connectivity index (χ0v) is 41.1. The van der Waals surface area contributed by atoms with Gasteiger partial charge in [-0.15, -0.1) is 0 Å². The van der Waals surface area contributed by atoms with Gasteiger partial charge in [0.15, 0.2) is 5.96 Å². The Hall–Kier alpha value is -0.970. The predicted octanol–water partition coefficient (Wildman–Crippen LogP) is 12.8. The van der Waals surface area contributed by atoms with Crippen LogP contribution in [0.5, 0.6) is 0 Å².